The van der Waals surface area contributed by atoms with E-state index in [-0.39, 0.29) is 0 Å². The van der Waals surface area contributed by atoms with Gasteiger partial charge in [0.1, 0.15) is 0 Å². The largest absolute Gasteiger partial charge is 0.371 e. The van der Waals surface area contributed by atoms with Gasteiger partial charge >= 0.3 is 0 Å². The van der Waals surface area contributed by atoms with Crippen LogP contribution in [0.4, 0.5) is 5.69 Å². The molecule has 1 aromatic rings. The molecular formula is C27H39N3O3. The molecule has 0 bridgehead atoms. The van der Waals surface area contributed by atoms with Gasteiger partial charge in [-0.3, -0.25) is 0 Å². The van der Waals surface area contributed by atoms with E-state index in [1.165, 1.54) is 16.8 Å². The van der Waals surface area contributed by atoms with E-state index in [4.69, 9.17) is 14.2 Å². The van der Waals surface area contributed by atoms with Gasteiger partial charge in [-0.25, -0.2) is 0 Å². The lowest BCUT2D eigenvalue weighted by Gasteiger charge is -2.27. The first-order valence-electron chi connectivity index (χ1n) is 12.2. The van der Waals surface area contributed by atoms with Crippen LogP contribution in [0.2, 0.25) is 0 Å². The van der Waals surface area contributed by atoms with Crippen molar-refractivity contribution in [3.8, 4) is 0 Å². The standard InChI is InChI=1S/C27H39N3O3/c1-5-22(7-6-21(3)29(13-20(2)28-4)14-25-17-31-25)12-23-8-10-24(11-9-23)30(15-26-18-32-26)16-27-19-33-27/h5-11,20,25-28H,3,12-19H2,1-2,4H3/b7-6-,22-5+. The van der Waals surface area contributed by atoms with Gasteiger partial charge in [0.15, 0.2) is 0 Å². The number of rotatable bonds is 15. The van der Waals surface area contributed by atoms with Crippen molar-refractivity contribution in [2.24, 2.45) is 0 Å². The number of anilines is 1. The van der Waals surface area contributed by atoms with Crippen molar-refractivity contribution in [1.82, 2.24) is 10.2 Å². The monoisotopic (exact) mass is 453 g/mol. The Morgan fingerprint density at radius 1 is 1.03 bits per heavy atom. The van der Waals surface area contributed by atoms with Crippen LogP contribution < -0.4 is 10.2 Å². The van der Waals surface area contributed by atoms with Gasteiger partial charge in [0, 0.05) is 43.6 Å². The van der Waals surface area contributed by atoms with E-state index in [1.54, 1.807) is 0 Å². The summed E-state index contributed by atoms with van der Waals surface area (Å²) < 4.78 is 16.3. The number of nitrogens with zero attached hydrogens (tertiary/aromatic N) is 2. The van der Waals surface area contributed by atoms with Crippen molar-refractivity contribution >= 4 is 5.69 Å². The van der Waals surface area contributed by atoms with E-state index >= 15 is 0 Å². The van der Waals surface area contributed by atoms with Crippen molar-refractivity contribution in [3.63, 3.8) is 0 Å². The maximum atomic E-state index is 5.45. The summed E-state index contributed by atoms with van der Waals surface area (Å²) in [6.45, 7) is 14.9. The molecule has 3 heterocycles. The van der Waals surface area contributed by atoms with Gasteiger partial charge in [-0.05, 0) is 56.7 Å². The fourth-order valence-electron chi connectivity index (χ4n) is 3.90. The summed E-state index contributed by atoms with van der Waals surface area (Å²) in [5.41, 5.74) is 4.86. The van der Waals surface area contributed by atoms with E-state index in [2.05, 4.69) is 78.0 Å². The molecule has 1 aromatic carbocycles. The second-order valence-electron chi connectivity index (χ2n) is 9.40. The Morgan fingerprint density at radius 3 is 2.12 bits per heavy atom. The lowest BCUT2D eigenvalue weighted by Crippen LogP contribution is -2.38. The molecule has 0 amide bonds. The number of benzene rings is 1. The van der Waals surface area contributed by atoms with Gasteiger partial charge in [-0.15, -0.1) is 0 Å². The lowest BCUT2D eigenvalue weighted by atomic mass is 10.0. The third kappa shape index (κ3) is 8.00. The topological polar surface area (TPSA) is 56.1 Å². The zero-order valence-corrected chi connectivity index (χ0v) is 20.3. The highest BCUT2D eigenvalue weighted by atomic mass is 16.6. The van der Waals surface area contributed by atoms with E-state index < -0.39 is 0 Å². The highest BCUT2D eigenvalue weighted by Gasteiger charge is 2.31. The normalized spacial score (nSPS) is 24.6. The minimum Gasteiger partial charge on any atom is -0.371 e. The van der Waals surface area contributed by atoms with Gasteiger partial charge in [-0.1, -0.05) is 30.9 Å². The Hall–Kier alpha value is -2.12. The van der Waals surface area contributed by atoms with Crippen LogP contribution in [0.25, 0.3) is 0 Å². The second-order valence-corrected chi connectivity index (χ2v) is 9.40. The molecule has 0 aromatic heterocycles. The van der Waals surface area contributed by atoms with Gasteiger partial charge in [0.05, 0.1) is 38.1 Å². The molecule has 4 unspecified atom stereocenters. The molecule has 4 rings (SSSR count). The van der Waals surface area contributed by atoms with E-state index in [0.717, 1.165) is 58.1 Å². The molecule has 0 saturated carbocycles. The van der Waals surface area contributed by atoms with E-state index in [1.807, 2.05) is 7.05 Å². The molecule has 33 heavy (non-hydrogen) atoms. The zero-order valence-electron chi connectivity index (χ0n) is 20.3. The highest BCUT2D eigenvalue weighted by Crippen LogP contribution is 2.24. The third-order valence-electron chi connectivity index (χ3n) is 6.44. The van der Waals surface area contributed by atoms with Crippen molar-refractivity contribution < 1.29 is 14.2 Å². The first-order chi connectivity index (χ1) is 16.0. The lowest BCUT2D eigenvalue weighted by molar-refractivity contribution is 0.279. The summed E-state index contributed by atoms with van der Waals surface area (Å²) >= 11 is 0. The third-order valence-corrected chi connectivity index (χ3v) is 6.44. The molecule has 3 aliphatic heterocycles. The van der Waals surface area contributed by atoms with Gasteiger partial charge in [0.2, 0.25) is 0 Å². The summed E-state index contributed by atoms with van der Waals surface area (Å²) in [5.74, 6) is 0. The molecule has 6 heteroatoms. The Bertz CT molecular complexity index is 825. The molecule has 3 saturated heterocycles. The molecular weight excluding hydrogens is 414 g/mol. The molecule has 0 aliphatic carbocycles. The fourth-order valence-corrected chi connectivity index (χ4v) is 3.90. The van der Waals surface area contributed by atoms with Crippen LogP contribution in [0.5, 0.6) is 0 Å². The average Bonchev–Trinajstić information content (AvgIpc) is 3.67. The van der Waals surface area contributed by atoms with Crippen molar-refractivity contribution in [2.45, 2.75) is 44.6 Å². The number of likely N-dealkylation sites (N-methyl/N-ethyl adjacent to an activating group) is 1. The van der Waals surface area contributed by atoms with Crippen LogP contribution >= 0.6 is 0 Å². The van der Waals surface area contributed by atoms with E-state index in [9.17, 15) is 0 Å². The number of nitrogens with one attached hydrogen (secondary N) is 1. The Morgan fingerprint density at radius 2 is 1.61 bits per heavy atom. The predicted octanol–water partition coefficient (Wildman–Crippen LogP) is 3.16. The van der Waals surface area contributed by atoms with Crippen LogP contribution in [0, 0.1) is 0 Å². The maximum absolute atomic E-state index is 5.45. The van der Waals surface area contributed by atoms with Crippen LogP contribution in [-0.2, 0) is 20.6 Å². The molecule has 6 nitrogen and oxygen atoms in total. The molecule has 0 spiro atoms. The Balaban J connectivity index is 1.33. The number of ether oxygens (including phenoxy) is 3. The molecule has 3 fully saturated rings. The molecule has 0 radical (unpaired) electrons. The maximum Gasteiger partial charge on any atom is 0.0984 e. The van der Waals surface area contributed by atoms with Crippen molar-refractivity contribution in [2.75, 3.05) is 57.9 Å². The van der Waals surface area contributed by atoms with Crippen LogP contribution in [-0.4, -0.2) is 82.3 Å². The fraction of sp³-hybridized carbons (Fsp3) is 0.556. The number of epoxide rings is 3. The van der Waals surface area contributed by atoms with Gasteiger partial charge in [-0.2, -0.15) is 0 Å². The Labute approximate surface area is 198 Å². The Kier molecular flexibility index (Phi) is 8.25. The average molecular weight is 454 g/mol. The van der Waals surface area contributed by atoms with Crippen LogP contribution in [0.3, 0.4) is 0 Å². The number of hydrogen-bond acceptors (Lipinski definition) is 6. The smallest absolute Gasteiger partial charge is 0.0984 e. The number of allylic oxidation sites excluding steroid dienone is 4. The van der Waals surface area contributed by atoms with Gasteiger partial charge < -0.3 is 29.3 Å². The quantitative estimate of drug-likeness (QED) is 0.325. The first kappa shape index (κ1) is 24.0. The summed E-state index contributed by atoms with van der Waals surface area (Å²) in [6, 6.07) is 9.33. The van der Waals surface area contributed by atoms with Crippen molar-refractivity contribution in [1.29, 1.82) is 0 Å². The SMILES string of the molecule is C=C(/C=C\C(=C/C)Cc1ccc(N(CC2CO2)CC2CO2)cc1)N(CC(C)NC)CC1CO1. The number of hydrogen-bond donors (Lipinski definition) is 1. The summed E-state index contributed by atoms with van der Waals surface area (Å²) in [5, 5.41) is 3.32. The molecule has 180 valence electrons. The molecule has 4 atom stereocenters. The van der Waals surface area contributed by atoms with Crippen molar-refractivity contribution in [3.05, 3.63) is 65.9 Å². The summed E-state index contributed by atoms with van der Waals surface area (Å²) in [7, 11) is 2.00. The highest BCUT2D eigenvalue weighted by molar-refractivity contribution is 5.49. The second kappa shape index (κ2) is 11.3. The van der Waals surface area contributed by atoms with Gasteiger partial charge in [0.25, 0.3) is 0 Å². The zero-order chi connectivity index (χ0) is 23.2. The minimum atomic E-state index is 0.344. The first-order valence-corrected chi connectivity index (χ1v) is 12.2. The molecule has 1 N–H and O–H groups in total. The minimum absolute atomic E-state index is 0.344. The molecule has 3 aliphatic rings. The van der Waals surface area contributed by atoms with E-state index in [0.29, 0.717) is 24.4 Å². The predicted molar refractivity (Wildman–Crippen MR) is 134 cm³/mol. The van der Waals surface area contributed by atoms with Crippen LogP contribution in [0.15, 0.2) is 60.3 Å². The van der Waals surface area contributed by atoms with Crippen LogP contribution in [0.1, 0.15) is 19.4 Å². The summed E-state index contributed by atoms with van der Waals surface area (Å²) in [4.78, 5) is 4.71. The summed E-state index contributed by atoms with van der Waals surface area (Å²) in [6.07, 6.45) is 8.51.